The molecule has 0 aliphatic heterocycles. The summed E-state index contributed by atoms with van der Waals surface area (Å²) in [5.41, 5.74) is 1.18. The summed E-state index contributed by atoms with van der Waals surface area (Å²) in [7, 11) is 3.84. The number of halogens is 3. The smallest absolute Gasteiger partial charge is 0.378 e. The highest BCUT2D eigenvalue weighted by Crippen LogP contribution is 2.32. The minimum atomic E-state index is -4.44. The van der Waals surface area contributed by atoms with Crippen LogP contribution in [0.25, 0.3) is 0 Å². The van der Waals surface area contributed by atoms with Gasteiger partial charge in [-0.3, -0.25) is 4.79 Å². The summed E-state index contributed by atoms with van der Waals surface area (Å²) in [6, 6.07) is 11.7. The van der Waals surface area contributed by atoms with Crippen molar-refractivity contribution in [3.8, 4) is 0 Å². The van der Waals surface area contributed by atoms with E-state index in [2.05, 4.69) is 10.6 Å². The largest absolute Gasteiger partial charge is 0.416 e. The fourth-order valence-corrected chi connectivity index (χ4v) is 3.75. The molecule has 162 valence electrons. The van der Waals surface area contributed by atoms with Crippen molar-refractivity contribution in [2.75, 3.05) is 24.3 Å². The van der Waals surface area contributed by atoms with Gasteiger partial charge in [-0.1, -0.05) is 37.5 Å². The number of hydrogen-bond acceptors (Lipinski definition) is 3. The van der Waals surface area contributed by atoms with Crippen LogP contribution < -0.4 is 15.5 Å². The van der Waals surface area contributed by atoms with E-state index in [1.54, 1.807) is 6.07 Å². The average Bonchev–Trinajstić information content (AvgIpc) is 2.72. The van der Waals surface area contributed by atoms with E-state index in [4.69, 9.17) is 0 Å². The molecular formula is C23H28F3N3O. The molecule has 0 saturated heterocycles. The minimum absolute atomic E-state index is 0.109. The van der Waals surface area contributed by atoms with Gasteiger partial charge in [0.15, 0.2) is 0 Å². The van der Waals surface area contributed by atoms with E-state index in [1.165, 1.54) is 12.5 Å². The molecule has 1 saturated carbocycles. The summed E-state index contributed by atoms with van der Waals surface area (Å²) >= 11 is 0. The Hall–Kier alpha value is -2.70. The third-order valence-corrected chi connectivity index (χ3v) is 5.46. The van der Waals surface area contributed by atoms with E-state index in [0.717, 1.165) is 43.5 Å². The average molecular weight is 419 g/mol. The second kappa shape index (κ2) is 9.41. The molecule has 1 aliphatic rings. The molecule has 1 unspecified atom stereocenters. The topological polar surface area (TPSA) is 44.4 Å². The maximum atomic E-state index is 13.1. The molecule has 1 fully saturated rings. The molecule has 2 aromatic carbocycles. The van der Waals surface area contributed by atoms with E-state index in [9.17, 15) is 18.0 Å². The van der Waals surface area contributed by atoms with Gasteiger partial charge in [0.2, 0.25) is 5.91 Å². The number of nitrogens with zero attached hydrogens (tertiary/aromatic N) is 1. The quantitative estimate of drug-likeness (QED) is 0.661. The highest BCUT2D eigenvalue weighted by Gasteiger charge is 2.31. The molecule has 7 heteroatoms. The number of hydrogen-bond donors (Lipinski definition) is 2. The lowest BCUT2D eigenvalue weighted by Gasteiger charge is -2.27. The van der Waals surface area contributed by atoms with Crippen molar-refractivity contribution in [2.24, 2.45) is 0 Å². The highest BCUT2D eigenvalue weighted by molar-refractivity contribution is 5.86. The molecule has 0 radical (unpaired) electrons. The Kier molecular flexibility index (Phi) is 6.90. The summed E-state index contributed by atoms with van der Waals surface area (Å²) in [6.45, 7) is 0. The maximum absolute atomic E-state index is 13.1. The van der Waals surface area contributed by atoms with Gasteiger partial charge in [0.25, 0.3) is 0 Å². The van der Waals surface area contributed by atoms with Crippen LogP contribution in [-0.2, 0) is 11.0 Å². The Balaban J connectivity index is 1.85. The minimum Gasteiger partial charge on any atom is -0.378 e. The molecule has 0 heterocycles. The second-order valence-corrected chi connectivity index (χ2v) is 7.99. The van der Waals surface area contributed by atoms with Crippen molar-refractivity contribution in [1.29, 1.82) is 0 Å². The van der Waals surface area contributed by atoms with Crippen LogP contribution in [0.5, 0.6) is 0 Å². The van der Waals surface area contributed by atoms with Crippen molar-refractivity contribution in [3.05, 3.63) is 59.7 Å². The number of nitrogens with one attached hydrogen (secondary N) is 2. The summed E-state index contributed by atoms with van der Waals surface area (Å²) in [6.07, 6.45) is 0.751. The Labute approximate surface area is 175 Å². The van der Waals surface area contributed by atoms with E-state index in [0.29, 0.717) is 5.56 Å². The van der Waals surface area contributed by atoms with E-state index in [-0.39, 0.29) is 17.6 Å². The van der Waals surface area contributed by atoms with Crippen LogP contribution in [0.2, 0.25) is 0 Å². The lowest BCUT2D eigenvalue weighted by molar-refractivity contribution is -0.137. The van der Waals surface area contributed by atoms with Crippen LogP contribution in [0.15, 0.2) is 48.5 Å². The fourth-order valence-electron chi connectivity index (χ4n) is 3.75. The first kappa shape index (κ1) is 22.0. The third-order valence-electron chi connectivity index (χ3n) is 5.46. The number of benzene rings is 2. The SMILES string of the molecule is CN(C)c1ccc(C(Nc2cccc(C(F)(F)F)c2)C(=O)NC2CCCCC2)cc1. The normalized spacial score (nSPS) is 16.0. The molecule has 1 atom stereocenters. The van der Waals surface area contributed by atoms with Crippen molar-refractivity contribution in [3.63, 3.8) is 0 Å². The molecule has 30 heavy (non-hydrogen) atoms. The van der Waals surface area contributed by atoms with E-state index >= 15 is 0 Å². The Morgan fingerprint density at radius 1 is 1.03 bits per heavy atom. The molecule has 0 spiro atoms. The van der Waals surface area contributed by atoms with Gasteiger partial charge in [0.05, 0.1) is 5.56 Å². The van der Waals surface area contributed by atoms with Gasteiger partial charge in [-0.05, 0) is 48.7 Å². The number of anilines is 2. The zero-order valence-electron chi connectivity index (χ0n) is 17.3. The van der Waals surface area contributed by atoms with Gasteiger partial charge in [0.1, 0.15) is 6.04 Å². The monoisotopic (exact) mass is 419 g/mol. The Morgan fingerprint density at radius 3 is 2.30 bits per heavy atom. The molecule has 0 bridgehead atoms. The van der Waals surface area contributed by atoms with Crippen molar-refractivity contribution < 1.29 is 18.0 Å². The number of carbonyl (C=O) groups is 1. The number of rotatable bonds is 6. The van der Waals surface area contributed by atoms with Crippen molar-refractivity contribution in [1.82, 2.24) is 5.32 Å². The van der Waals surface area contributed by atoms with E-state index < -0.39 is 17.8 Å². The summed E-state index contributed by atoms with van der Waals surface area (Å²) in [4.78, 5) is 15.1. The molecule has 0 aromatic heterocycles. The van der Waals surface area contributed by atoms with Gasteiger partial charge in [-0.2, -0.15) is 13.2 Å². The summed E-state index contributed by atoms with van der Waals surface area (Å²) in [5, 5.41) is 6.11. The number of carbonyl (C=O) groups excluding carboxylic acids is 1. The fraction of sp³-hybridized carbons (Fsp3) is 0.435. The predicted molar refractivity (Wildman–Crippen MR) is 114 cm³/mol. The molecule has 4 nitrogen and oxygen atoms in total. The molecule has 2 aromatic rings. The van der Waals surface area contributed by atoms with Crippen molar-refractivity contribution in [2.45, 2.75) is 50.4 Å². The standard InChI is InChI=1S/C23H28F3N3O/c1-29(2)20-13-11-16(12-14-20)21(22(30)28-18-8-4-3-5-9-18)27-19-10-6-7-17(15-19)23(24,25)26/h6-7,10-15,18,21,27H,3-5,8-9H2,1-2H3,(H,28,30). The third kappa shape index (κ3) is 5.68. The predicted octanol–water partition coefficient (Wildman–Crippen LogP) is 5.37. The maximum Gasteiger partial charge on any atom is 0.416 e. The van der Waals surface area contributed by atoms with Gasteiger partial charge in [-0.25, -0.2) is 0 Å². The van der Waals surface area contributed by atoms with Gasteiger partial charge in [0, 0.05) is 31.5 Å². The summed E-state index contributed by atoms with van der Waals surface area (Å²) in [5.74, 6) is -0.225. The highest BCUT2D eigenvalue weighted by atomic mass is 19.4. The van der Waals surface area contributed by atoms with Gasteiger partial charge < -0.3 is 15.5 Å². The van der Waals surface area contributed by atoms with Crippen LogP contribution in [0, 0.1) is 0 Å². The number of amides is 1. The van der Waals surface area contributed by atoms with Crippen LogP contribution in [-0.4, -0.2) is 26.0 Å². The first-order valence-electron chi connectivity index (χ1n) is 10.3. The lowest BCUT2D eigenvalue weighted by atomic mass is 9.95. The van der Waals surface area contributed by atoms with Gasteiger partial charge in [-0.15, -0.1) is 0 Å². The molecule has 1 aliphatic carbocycles. The first-order chi connectivity index (χ1) is 14.2. The number of alkyl halides is 3. The molecule has 1 amide bonds. The zero-order chi connectivity index (χ0) is 21.7. The Bertz CT molecular complexity index is 844. The summed E-state index contributed by atoms with van der Waals surface area (Å²) < 4.78 is 39.3. The zero-order valence-corrected chi connectivity index (χ0v) is 17.3. The second-order valence-electron chi connectivity index (χ2n) is 7.99. The van der Waals surface area contributed by atoms with Crippen LogP contribution in [0.4, 0.5) is 24.5 Å². The lowest BCUT2D eigenvalue weighted by Crippen LogP contribution is -2.41. The van der Waals surface area contributed by atoms with Crippen LogP contribution in [0.3, 0.4) is 0 Å². The molecule has 2 N–H and O–H groups in total. The van der Waals surface area contributed by atoms with Crippen LogP contribution in [0.1, 0.15) is 49.3 Å². The van der Waals surface area contributed by atoms with E-state index in [1.807, 2.05) is 43.3 Å². The van der Waals surface area contributed by atoms with Gasteiger partial charge >= 0.3 is 6.18 Å². The Morgan fingerprint density at radius 2 is 1.70 bits per heavy atom. The van der Waals surface area contributed by atoms with Crippen LogP contribution >= 0.6 is 0 Å². The first-order valence-corrected chi connectivity index (χ1v) is 10.3. The van der Waals surface area contributed by atoms with Crippen molar-refractivity contribution >= 4 is 17.3 Å². The molecule has 3 rings (SSSR count). The molecular weight excluding hydrogens is 391 g/mol.